The van der Waals surface area contributed by atoms with E-state index in [-0.39, 0.29) is 17.6 Å². The van der Waals surface area contributed by atoms with Crippen LogP contribution >= 0.6 is 0 Å². The number of nitrogens with zero attached hydrogens (tertiary/aromatic N) is 1. The molecule has 1 aliphatic rings. The average Bonchev–Trinajstić information content (AvgIpc) is 3.19. The van der Waals surface area contributed by atoms with Crippen LogP contribution in [0, 0.1) is 5.41 Å². The quantitative estimate of drug-likeness (QED) is 0.531. The molecule has 3 N–H and O–H groups in total. The Morgan fingerprint density at radius 3 is 2.31 bits per heavy atom. The zero-order valence-corrected chi connectivity index (χ0v) is 20.0. The maximum Gasteiger partial charge on any atom is 0.573 e. The van der Waals surface area contributed by atoms with Crippen LogP contribution in [0.15, 0.2) is 54.6 Å². The molecule has 2 atom stereocenters. The van der Waals surface area contributed by atoms with Crippen LogP contribution in [0.3, 0.4) is 0 Å². The van der Waals surface area contributed by atoms with Crippen LogP contribution in [0.25, 0.3) is 0 Å². The molecule has 0 bridgehead atoms. The van der Waals surface area contributed by atoms with Crippen molar-refractivity contribution in [3.05, 3.63) is 60.2 Å². The van der Waals surface area contributed by atoms with Gasteiger partial charge in [-0.1, -0.05) is 51.1 Å². The number of ether oxygens (including phenoxy) is 1. The van der Waals surface area contributed by atoms with Gasteiger partial charge in [0.15, 0.2) is 0 Å². The lowest BCUT2D eigenvalue weighted by Crippen LogP contribution is -2.56. The maximum absolute atomic E-state index is 13.1. The van der Waals surface area contributed by atoms with E-state index in [9.17, 15) is 22.8 Å². The fraction of sp³-hybridized carbons (Fsp3) is 0.440. The molecule has 0 aliphatic carbocycles. The summed E-state index contributed by atoms with van der Waals surface area (Å²) >= 11 is 0. The first-order chi connectivity index (χ1) is 16.4. The molecule has 35 heavy (non-hydrogen) atoms. The number of amides is 3. The van der Waals surface area contributed by atoms with E-state index in [4.69, 9.17) is 0 Å². The highest BCUT2D eigenvalue weighted by Crippen LogP contribution is 2.24. The van der Waals surface area contributed by atoms with E-state index in [2.05, 4.69) is 37.7 Å². The standard InChI is InChI=1S/C25H31F3N4O3/c1-24(2,3)21(31-23(34)30-18-9-11-20(12-10-18)35-25(26,27)28)22(33)29-19-13-14-32(16-19)15-17-7-5-4-6-8-17/h4-12,19,21H,13-16H2,1-3H3,(H,29,33)(H2,30,31,34). The number of urea groups is 1. The summed E-state index contributed by atoms with van der Waals surface area (Å²) in [6.07, 6.45) is -3.98. The van der Waals surface area contributed by atoms with Crippen molar-refractivity contribution < 1.29 is 27.5 Å². The second-order valence-electron chi connectivity index (χ2n) is 9.68. The van der Waals surface area contributed by atoms with E-state index in [0.717, 1.165) is 38.2 Å². The Labute approximate surface area is 203 Å². The molecule has 0 spiro atoms. The molecule has 1 fully saturated rings. The van der Waals surface area contributed by atoms with E-state index in [1.165, 1.54) is 17.7 Å². The van der Waals surface area contributed by atoms with Crippen LogP contribution in [0.5, 0.6) is 5.75 Å². The number of nitrogens with one attached hydrogen (secondary N) is 3. The molecule has 3 rings (SSSR count). The molecule has 3 amide bonds. The molecule has 1 heterocycles. The summed E-state index contributed by atoms with van der Waals surface area (Å²) < 4.78 is 40.7. The van der Waals surface area contributed by atoms with E-state index in [0.29, 0.717) is 0 Å². The van der Waals surface area contributed by atoms with Gasteiger partial charge >= 0.3 is 12.4 Å². The molecule has 10 heteroatoms. The Morgan fingerprint density at radius 2 is 1.71 bits per heavy atom. The molecule has 2 unspecified atom stereocenters. The number of halogens is 3. The second kappa shape index (κ2) is 11.0. The van der Waals surface area contributed by atoms with Gasteiger partial charge < -0.3 is 20.7 Å². The molecule has 1 saturated heterocycles. The minimum absolute atomic E-state index is 0.0258. The van der Waals surface area contributed by atoms with Crippen molar-refractivity contribution in [2.24, 2.45) is 5.41 Å². The molecular formula is C25H31F3N4O3. The Morgan fingerprint density at radius 1 is 1.06 bits per heavy atom. The van der Waals surface area contributed by atoms with Crippen LogP contribution in [0.1, 0.15) is 32.8 Å². The van der Waals surface area contributed by atoms with Crippen LogP contribution in [0.2, 0.25) is 0 Å². The third-order valence-corrected chi connectivity index (χ3v) is 5.62. The smallest absolute Gasteiger partial charge is 0.406 e. The molecule has 7 nitrogen and oxygen atoms in total. The molecule has 0 saturated carbocycles. The molecule has 2 aromatic carbocycles. The third kappa shape index (κ3) is 8.47. The minimum Gasteiger partial charge on any atom is -0.406 e. The molecule has 190 valence electrons. The first-order valence-corrected chi connectivity index (χ1v) is 11.4. The summed E-state index contributed by atoms with van der Waals surface area (Å²) in [6, 6.07) is 13.4. The highest BCUT2D eigenvalue weighted by Gasteiger charge is 2.35. The predicted octanol–water partition coefficient (Wildman–Crippen LogP) is 4.51. The summed E-state index contributed by atoms with van der Waals surface area (Å²) in [5.41, 5.74) is 0.898. The normalized spacial score (nSPS) is 17.5. The largest absolute Gasteiger partial charge is 0.573 e. The van der Waals surface area contributed by atoms with Crippen LogP contribution in [-0.2, 0) is 11.3 Å². The topological polar surface area (TPSA) is 82.7 Å². The number of likely N-dealkylation sites (tertiary alicyclic amines) is 1. The molecule has 0 radical (unpaired) electrons. The van der Waals surface area contributed by atoms with Gasteiger partial charge in [0.1, 0.15) is 11.8 Å². The number of rotatable bonds is 7. The van der Waals surface area contributed by atoms with Crippen molar-refractivity contribution in [1.29, 1.82) is 0 Å². The summed E-state index contributed by atoms with van der Waals surface area (Å²) in [6.45, 7) is 7.92. The van der Waals surface area contributed by atoms with Crippen LogP contribution < -0.4 is 20.7 Å². The first kappa shape index (κ1) is 26.3. The Kier molecular flexibility index (Phi) is 8.26. The van der Waals surface area contributed by atoms with E-state index >= 15 is 0 Å². The van der Waals surface area contributed by atoms with E-state index in [1.807, 2.05) is 39.0 Å². The van der Waals surface area contributed by atoms with Crippen molar-refractivity contribution in [1.82, 2.24) is 15.5 Å². The zero-order valence-electron chi connectivity index (χ0n) is 20.0. The number of hydrogen-bond donors (Lipinski definition) is 3. The molecular weight excluding hydrogens is 461 g/mol. The summed E-state index contributed by atoms with van der Waals surface area (Å²) in [5, 5.41) is 8.29. The van der Waals surface area contributed by atoms with Gasteiger partial charge in [0, 0.05) is 31.4 Å². The van der Waals surface area contributed by atoms with Gasteiger partial charge in [-0.3, -0.25) is 9.69 Å². The van der Waals surface area contributed by atoms with Gasteiger partial charge in [-0.25, -0.2) is 4.79 Å². The fourth-order valence-electron chi connectivity index (χ4n) is 3.93. The monoisotopic (exact) mass is 492 g/mol. The van der Waals surface area contributed by atoms with Crippen LogP contribution in [0.4, 0.5) is 23.7 Å². The van der Waals surface area contributed by atoms with Gasteiger partial charge in [-0.2, -0.15) is 0 Å². The first-order valence-electron chi connectivity index (χ1n) is 11.4. The SMILES string of the molecule is CC(C)(C)C(NC(=O)Nc1ccc(OC(F)(F)F)cc1)C(=O)NC1CCN(Cc2ccccc2)C1. The molecule has 2 aromatic rings. The fourth-order valence-corrected chi connectivity index (χ4v) is 3.93. The van der Waals surface area contributed by atoms with Gasteiger partial charge in [0.25, 0.3) is 0 Å². The predicted molar refractivity (Wildman–Crippen MR) is 127 cm³/mol. The van der Waals surface area contributed by atoms with E-state index < -0.39 is 29.6 Å². The van der Waals surface area contributed by atoms with Crippen molar-refractivity contribution in [3.63, 3.8) is 0 Å². The third-order valence-electron chi connectivity index (χ3n) is 5.62. The number of carbonyl (C=O) groups is 2. The lowest BCUT2D eigenvalue weighted by molar-refractivity contribution is -0.274. The molecule has 1 aliphatic heterocycles. The minimum atomic E-state index is -4.79. The molecule has 0 aromatic heterocycles. The number of benzene rings is 2. The number of carbonyl (C=O) groups excluding carboxylic acids is 2. The Bertz CT molecular complexity index is 992. The van der Waals surface area contributed by atoms with Gasteiger partial charge in [0.2, 0.25) is 5.91 Å². The second-order valence-corrected chi connectivity index (χ2v) is 9.68. The summed E-state index contributed by atoms with van der Waals surface area (Å²) in [7, 11) is 0. The van der Waals surface area contributed by atoms with Gasteiger partial charge in [-0.05, 0) is 41.7 Å². The zero-order chi connectivity index (χ0) is 25.6. The van der Waals surface area contributed by atoms with Crippen molar-refractivity contribution in [2.75, 3.05) is 18.4 Å². The lowest BCUT2D eigenvalue weighted by atomic mass is 9.86. The van der Waals surface area contributed by atoms with Crippen molar-refractivity contribution >= 4 is 17.6 Å². The van der Waals surface area contributed by atoms with Gasteiger partial charge in [-0.15, -0.1) is 13.2 Å². The lowest BCUT2D eigenvalue weighted by Gasteiger charge is -2.31. The highest BCUT2D eigenvalue weighted by molar-refractivity contribution is 5.94. The summed E-state index contributed by atoms with van der Waals surface area (Å²) in [4.78, 5) is 27.9. The van der Waals surface area contributed by atoms with Crippen molar-refractivity contribution in [3.8, 4) is 5.75 Å². The van der Waals surface area contributed by atoms with Crippen molar-refractivity contribution in [2.45, 2.75) is 52.2 Å². The van der Waals surface area contributed by atoms with Gasteiger partial charge in [0.05, 0.1) is 0 Å². The average molecular weight is 493 g/mol. The summed E-state index contributed by atoms with van der Waals surface area (Å²) in [5.74, 6) is -0.679. The van der Waals surface area contributed by atoms with Crippen LogP contribution in [-0.4, -0.2) is 48.4 Å². The number of alkyl halides is 3. The number of anilines is 1. The maximum atomic E-state index is 13.1. The Balaban J connectivity index is 1.54. The van der Waals surface area contributed by atoms with E-state index in [1.54, 1.807) is 0 Å². The Hall–Kier alpha value is -3.27. The highest BCUT2D eigenvalue weighted by atomic mass is 19.4. The number of hydrogen-bond acceptors (Lipinski definition) is 4.